The number of nitrogens with zero attached hydrogens (tertiary/aromatic N) is 1. The fourth-order valence-electron chi connectivity index (χ4n) is 3.34. The van der Waals surface area contributed by atoms with Crippen LogP contribution in [-0.2, 0) is 11.2 Å². The lowest BCUT2D eigenvalue weighted by Gasteiger charge is -2.27. The van der Waals surface area contributed by atoms with Crippen LogP contribution in [0.15, 0.2) is 48.5 Å². The largest absolute Gasteiger partial charge is 0.491 e. The molecule has 0 saturated carbocycles. The number of para-hydroxylation sites is 1. The number of carbonyl (C=O) groups is 1. The summed E-state index contributed by atoms with van der Waals surface area (Å²) in [5, 5.41) is 3.78. The highest BCUT2D eigenvalue weighted by Crippen LogP contribution is 2.29. The van der Waals surface area contributed by atoms with Crippen molar-refractivity contribution in [2.75, 3.05) is 26.7 Å². The Morgan fingerprint density at radius 3 is 2.85 bits per heavy atom. The van der Waals surface area contributed by atoms with Crippen LogP contribution in [0.25, 0.3) is 0 Å². The zero-order valence-electron chi connectivity index (χ0n) is 15.1. The molecule has 1 amide bonds. The molecule has 138 valence electrons. The summed E-state index contributed by atoms with van der Waals surface area (Å²) in [6.45, 7) is 1.49. The lowest BCUT2D eigenvalue weighted by Crippen LogP contribution is -2.39. The highest BCUT2D eigenvalue weighted by molar-refractivity contribution is 6.32. The first-order valence-corrected chi connectivity index (χ1v) is 9.44. The van der Waals surface area contributed by atoms with Gasteiger partial charge in [0.1, 0.15) is 12.4 Å². The van der Waals surface area contributed by atoms with Crippen LogP contribution < -0.4 is 10.1 Å². The molecule has 0 aromatic heterocycles. The summed E-state index contributed by atoms with van der Waals surface area (Å²) in [7, 11) is 1.92. The predicted molar refractivity (Wildman–Crippen MR) is 105 cm³/mol. The van der Waals surface area contributed by atoms with E-state index >= 15 is 0 Å². The monoisotopic (exact) mass is 372 g/mol. The van der Waals surface area contributed by atoms with E-state index in [1.807, 2.05) is 36.2 Å². The van der Waals surface area contributed by atoms with E-state index in [0.717, 1.165) is 19.3 Å². The number of ether oxygens (including phenoxy) is 1. The number of aryl methyl sites for hydroxylation is 1. The van der Waals surface area contributed by atoms with Gasteiger partial charge in [-0.3, -0.25) is 9.69 Å². The third kappa shape index (κ3) is 4.99. The number of hydrogen-bond donors (Lipinski definition) is 1. The smallest absolute Gasteiger partial charge is 0.234 e. The van der Waals surface area contributed by atoms with Crippen LogP contribution in [0.1, 0.15) is 30.0 Å². The quantitative estimate of drug-likeness (QED) is 0.802. The minimum atomic E-state index is 0.0481. The molecular weight excluding hydrogens is 348 g/mol. The number of rotatable bonds is 7. The zero-order chi connectivity index (χ0) is 18.4. The molecule has 0 aliphatic heterocycles. The number of likely N-dealkylation sites (N-methyl/N-ethyl adjacent to an activating group) is 1. The van der Waals surface area contributed by atoms with Crippen LogP contribution in [0.4, 0.5) is 0 Å². The minimum Gasteiger partial charge on any atom is -0.491 e. The molecule has 0 unspecified atom stereocenters. The van der Waals surface area contributed by atoms with Gasteiger partial charge < -0.3 is 10.1 Å². The molecule has 26 heavy (non-hydrogen) atoms. The second-order valence-corrected chi connectivity index (χ2v) is 7.14. The van der Waals surface area contributed by atoms with Crippen LogP contribution in [0.2, 0.25) is 5.02 Å². The average Bonchev–Trinajstić information content (AvgIpc) is 2.63. The van der Waals surface area contributed by atoms with Crippen molar-refractivity contribution in [1.29, 1.82) is 0 Å². The van der Waals surface area contributed by atoms with E-state index in [0.29, 0.717) is 30.5 Å². The van der Waals surface area contributed by atoms with Gasteiger partial charge in [0.2, 0.25) is 5.91 Å². The zero-order valence-corrected chi connectivity index (χ0v) is 15.8. The molecule has 2 aromatic carbocycles. The van der Waals surface area contributed by atoms with Gasteiger partial charge >= 0.3 is 0 Å². The summed E-state index contributed by atoms with van der Waals surface area (Å²) < 4.78 is 5.68. The molecule has 5 heteroatoms. The molecule has 0 heterocycles. The van der Waals surface area contributed by atoms with Crippen molar-refractivity contribution in [3.63, 3.8) is 0 Å². The van der Waals surface area contributed by atoms with Crippen LogP contribution in [0, 0.1) is 0 Å². The van der Waals surface area contributed by atoms with Crippen molar-refractivity contribution < 1.29 is 9.53 Å². The van der Waals surface area contributed by atoms with Crippen LogP contribution >= 0.6 is 11.6 Å². The molecule has 1 aliphatic carbocycles. The van der Waals surface area contributed by atoms with Crippen molar-refractivity contribution in [3.05, 3.63) is 64.7 Å². The van der Waals surface area contributed by atoms with Gasteiger partial charge in [-0.25, -0.2) is 0 Å². The molecule has 0 bridgehead atoms. The highest BCUT2D eigenvalue weighted by atomic mass is 35.5. The second-order valence-electron chi connectivity index (χ2n) is 6.73. The topological polar surface area (TPSA) is 41.6 Å². The summed E-state index contributed by atoms with van der Waals surface area (Å²) in [4.78, 5) is 14.4. The molecule has 1 N–H and O–H groups in total. The molecule has 1 atom stereocenters. The maximum absolute atomic E-state index is 12.4. The van der Waals surface area contributed by atoms with E-state index in [9.17, 15) is 4.79 Å². The highest BCUT2D eigenvalue weighted by Gasteiger charge is 2.21. The van der Waals surface area contributed by atoms with Crippen molar-refractivity contribution in [2.45, 2.75) is 25.3 Å². The van der Waals surface area contributed by atoms with Crippen LogP contribution in [0.5, 0.6) is 5.75 Å². The van der Waals surface area contributed by atoms with Crippen molar-refractivity contribution >= 4 is 17.5 Å². The lowest BCUT2D eigenvalue weighted by molar-refractivity contribution is -0.122. The molecule has 3 rings (SSSR count). The minimum absolute atomic E-state index is 0.0481. The number of amides is 1. The molecule has 0 fully saturated rings. The van der Waals surface area contributed by atoms with Gasteiger partial charge in [-0.15, -0.1) is 0 Å². The Labute approximate surface area is 160 Å². The van der Waals surface area contributed by atoms with E-state index < -0.39 is 0 Å². The Balaban J connectivity index is 1.44. The Hall–Kier alpha value is -2.04. The van der Waals surface area contributed by atoms with Crippen LogP contribution in [0.3, 0.4) is 0 Å². The first kappa shape index (κ1) is 18.7. The van der Waals surface area contributed by atoms with E-state index in [2.05, 4.69) is 23.5 Å². The summed E-state index contributed by atoms with van der Waals surface area (Å²) in [5.41, 5.74) is 2.61. The standard InChI is InChI=1S/C21H25ClN2O2/c1-24(13-14-26-20-12-5-4-10-18(20)22)15-21(25)23-19-11-6-8-16-7-2-3-9-17(16)19/h2-5,7,9-10,12,19H,6,8,11,13-15H2,1H3,(H,23,25)/t19-/m0/s1. The van der Waals surface area contributed by atoms with Gasteiger partial charge in [0, 0.05) is 6.54 Å². The molecule has 0 spiro atoms. The summed E-state index contributed by atoms with van der Waals surface area (Å²) in [5.74, 6) is 0.720. The molecular formula is C21H25ClN2O2. The summed E-state index contributed by atoms with van der Waals surface area (Å²) >= 11 is 6.07. The van der Waals surface area contributed by atoms with Crippen molar-refractivity contribution in [2.24, 2.45) is 0 Å². The number of nitrogens with one attached hydrogen (secondary N) is 1. The molecule has 1 aliphatic rings. The van der Waals surface area contributed by atoms with Gasteiger partial charge in [-0.05, 0) is 49.6 Å². The Bertz CT molecular complexity index is 750. The molecule has 0 saturated heterocycles. The van der Waals surface area contributed by atoms with Gasteiger partial charge in [-0.1, -0.05) is 48.0 Å². The number of fused-ring (bicyclic) bond motifs is 1. The summed E-state index contributed by atoms with van der Waals surface area (Å²) in [6.07, 6.45) is 3.22. The van der Waals surface area contributed by atoms with Gasteiger partial charge in [-0.2, -0.15) is 0 Å². The first-order chi connectivity index (χ1) is 12.6. The Kier molecular flexibility index (Phi) is 6.53. The lowest BCUT2D eigenvalue weighted by atomic mass is 9.88. The number of carbonyl (C=O) groups excluding carboxylic acids is 1. The second kappa shape index (κ2) is 9.06. The maximum Gasteiger partial charge on any atom is 0.234 e. The third-order valence-electron chi connectivity index (χ3n) is 4.69. The SMILES string of the molecule is CN(CCOc1ccccc1Cl)CC(=O)N[C@H]1CCCc2ccccc21. The number of halogens is 1. The Morgan fingerprint density at radius 1 is 1.23 bits per heavy atom. The van der Waals surface area contributed by atoms with Crippen LogP contribution in [-0.4, -0.2) is 37.6 Å². The normalized spacial score (nSPS) is 16.2. The Morgan fingerprint density at radius 2 is 2.00 bits per heavy atom. The van der Waals surface area contributed by atoms with E-state index in [-0.39, 0.29) is 11.9 Å². The van der Waals surface area contributed by atoms with E-state index in [1.165, 1.54) is 11.1 Å². The summed E-state index contributed by atoms with van der Waals surface area (Å²) in [6, 6.07) is 15.9. The average molecular weight is 373 g/mol. The van der Waals surface area contributed by atoms with Crippen molar-refractivity contribution in [3.8, 4) is 5.75 Å². The molecule has 0 radical (unpaired) electrons. The fraction of sp³-hybridized carbons (Fsp3) is 0.381. The number of benzene rings is 2. The third-order valence-corrected chi connectivity index (χ3v) is 5.00. The number of hydrogen-bond acceptors (Lipinski definition) is 3. The molecule has 2 aromatic rings. The fourth-order valence-corrected chi connectivity index (χ4v) is 3.53. The van der Waals surface area contributed by atoms with E-state index in [4.69, 9.17) is 16.3 Å². The van der Waals surface area contributed by atoms with Crippen molar-refractivity contribution in [1.82, 2.24) is 10.2 Å². The molecule has 4 nitrogen and oxygen atoms in total. The van der Waals surface area contributed by atoms with Gasteiger partial charge in [0.25, 0.3) is 0 Å². The van der Waals surface area contributed by atoms with Gasteiger partial charge in [0.05, 0.1) is 17.6 Å². The maximum atomic E-state index is 12.4. The first-order valence-electron chi connectivity index (χ1n) is 9.06. The van der Waals surface area contributed by atoms with Gasteiger partial charge in [0.15, 0.2) is 0 Å². The predicted octanol–water partition coefficient (Wildman–Crippen LogP) is 3.84. The van der Waals surface area contributed by atoms with E-state index in [1.54, 1.807) is 6.07 Å².